The van der Waals surface area contributed by atoms with Gasteiger partial charge in [-0.25, -0.2) is 13.5 Å². The van der Waals surface area contributed by atoms with Crippen LogP contribution in [0.1, 0.15) is 19.0 Å². The Morgan fingerprint density at radius 2 is 2.21 bits per heavy atom. The highest BCUT2D eigenvalue weighted by Crippen LogP contribution is 2.29. The fourth-order valence-electron chi connectivity index (χ4n) is 1.65. The highest BCUT2D eigenvalue weighted by atomic mass is 19.3. The molecule has 0 bridgehead atoms. The van der Waals surface area contributed by atoms with Crippen LogP contribution in [0.2, 0.25) is 0 Å². The molecule has 19 heavy (non-hydrogen) atoms. The lowest BCUT2D eigenvalue weighted by Crippen LogP contribution is -2.35. The lowest BCUT2D eigenvalue weighted by Gasteiger charge is -2.14. The average molecular weight is 277 g/mol. The summed E-state index contributed by atoms with van der Waals surface area (Å²) in [6, 6.07) is 0. The Kier molecular flexibility index (Phi) is 4.76. The van der Waals surface area contributed by atoms with Crippen LogP contribution < -0.4 is 11.1 Å². The summed E-state index contributed by atoms with van der Waals surface area (Å²) in [7, 11) is 1.47. The van der Waals surface area contributed by atoms with Gasteiger partial charge in [-0.1, -0.05) is 13.3 Å². The molecule has 108 valence electrons. The van der Waals surface area contributed by atoms with E-state index in [4.69, 9.17) is 5.73 Å². The van der Waals surface area contributed by atoms with Crippen LogP contribution >= 0.6 is 0 Å². The minimum Gasteiger partial charge on any atom is -0.358 e. The highest BCUT2D eigenvalue weighted by molar-refractivity contribution is 5.60. The number of rotatable bonds is 7. The number of nitro groups is 1. The van der Waals surface area contributed by atoms with Crippen LogP contribution in [0.5, 0.6) is 0 Å². The topological polar surface area (TPSA) is 99.0 Å². The zero-order valence-electron chi connectivity index (χ0n) is 10.8. The molecule has 0 amide bonds. The molecule has 3 N–H and O–H groups in total. The van der Waals surface area contributed by atoms with E-state index in [-0.39, 0.29) is 17.2 Å². The number of hydrogen-bond acceptors (Lipinski definition) is 5. The SMILES string of the molecule is CCCc1nn(C)c(NCC(F)(F)CN)c1[N+](=O)[O-]. The van der Waals surface area contributed by atoms with Gasteiger partial charge >= 0.3 is 5.69 Å². The van der Waals surface area contributed by atoms with Crippen molar-refractivity contribution in [3.05, 3.63) is 15.8 Å². The fraction of sp³-hybridized carbons (Fsp3) is 0.700. The first-order valence-corrected chi connectivity index (χ1v) is 5.84. The lowest BCUT2D eigenvalue weighted by atomic mass is 10.2. The Labute approximate surface area is 108 Å². The molecule has 0 aliphatic rings. The Hall–Kier alpha value is -1.77. The molecule has 0 fully saturated rings. The molecule has 0 aliphatic carbocycles. The first-order valence-electron chi connectivity index (χ1n) is 5.84. The number of alkyl halides is 2. The molecule has 7 nitrogen and oxygen atoms in total. The molecule has 1 heterocycles. The summed E-state index contributed by atoms with van der Waals surface area (Å²) >= 11 is 0. The molecule has 1 rings (SSSR count). The first kappa shape index (κ1) is 15.3. The van der Waals surface area contributed by atoms with Crippen molar-refractivity contribution >= 4 is 11.5 Å². The molecule has 0 aromatic carbocycles. The van der Waals surface area contributed by atoms with Crippen LogP contribution in [0.25, 0.3) is 0 Å². The van der Waals surface area contributed by atoms with Gasteiger partial charge in [0.05, 0.1) is 18.0 Å². The highest BCUT2D eigenvalue weighted by Gasteiger charge is 2.31. The van der Waals surface area contributed by atoms with E-state index in [2.05, 4.69) is 10.4 Å². The summed E-state index contributed by atoms with van der Waals surface area (Å²) in [4.78, 5) is 10.4. The number of nitrogens with zero attached hydrogens (tertiary/aromatic N) is 3. The van der Waals surface area contributed by atoms with Crippen molar-refractivity contribution in [2.24, 2.45) is 12.8 Å². The second-order valence-corrected chi connectivity index (χ2v) is 4.19. The van der Waals surface area contributed by atoms with Gasteiger partial charge in [0.25, 0.3) is 5.92 Å². The number of nitrogens with two attached hydrogens (primary N) is 1. The van der Waals surface area contributed by atoms with Crippen LogP contribution in [-0.4, -0.2) is 33.7 Å². The smallest absolute Gasteiger partial charge is 0.333 e. The summed E-state index contributed by atoms with van der Waals surface area (Å²) < 4.78 is 27.3. The van der Waals surface area contributed by atoms with Crippen molar-refractivity contribution in [1.82, 2.24) is 9.78 Å². The number of aromatic nitrogens is 2. The molecule has 1 aromatic heterocycles. The first-order chi connectivity index (χ1) is 8.82. The minimum absolute atomic E-state index is 0.0263. The van der Waals surface area contributed by atoms with Crippen LogP contribution in [0, 0.1) is 10.1 Å². The van der Waals surface area contributed by atoms with E-state index in [1.807, 2.05) is 6.92 Å². The summed E-state index contributed by atoms with van der Waals surface area (Å²) in [5.41, 5.74) is 4.95. The number of hydrogen-bond donors (Lipinski definition) is 2. The number of aryl methyl sites for hydroxylation is 2. The monoisotopic (exact) mass is 277 g/mol. The summed E-state index contributed by atoms with van der Waals surface area (Å²) in [6.07, 6.45) is 1.09. The molecule has 0 saturated carbocycles. The zero-order valence-corrected chi connectivity index (χ0v) is 10.8. The van der Waals surface area contributed by atoms with Crippen LogP contribution in [0.3, 0.4) is 0 Å². The third kappa shape index (κ3) is 3.60. The molecule has 0 spiro atoms. The van der Waals surface area contributed by atoms with Crippen molar-refractivity contribution in [2.75, 3.05) is 18.4 Å². The van der Waals surface area contributed by atoms with Crippen molar-refractivity contribution in [1.29, 1.82) is 0 Å². The summed E-state index contributed by atoms with van der Waals surface area (Å²) in [5.74, 6) is -3.15. The van der Waals surface area contributed by atoms with E-state index in [0.29, 0.717) is 12.8 Å². The summed E-state index contributed by atoms with van der Waals surface area (Å²) in [6.45, 7) is 0.261. The molecule has 9 heteroatoms. The molecular formula is C10H17F2N5O2. The van der Waals surface area contributed by atoms with Crippen molar-refractivity contribution in [3.63, 3.8) is 0 Å². The Balaban J connectivity index is 3.02. The molecule has 0 saturated heterocycles. The third-order valence-electron chi connectivity index (χ3n) is 2.57. The fourth-order valence-corrected chi connectivity index (χ4v) is 1.65. The summed E-state index contributed by atoms with van der Waals surface area (Å²) in [5, 5.41) is 17.4. The van der Waals surface area contributed by atoms with Gasteiger partial charge in [-0.3, -0.25) is 10.1 Å². The zero-order chi connectivity index (χ0) is 14.6. The normalized spacial score (nSPS) is 11.6. The lowest BCUT2D eigenvalue weighted by molar-refractivity contribution is -0.384. The molecular weight excluding hydrogens is 260 g/mol. The second-order valence-electron chi connectivity index (χ2n) is 4.19. The predicted molar refractivity (Wildman–Crippen MR) is 66.3 cm³/mol. The Morgan fingerprint density at radius 3 is 2.68 bits per heavy atom. The Morgan fingerprint density at radius 1 is 1.58 bits per heavy atom. The number of anilines is 1. The second kappa shape index (κ2) is 5.91. The van der Waals surface area contributed by atoms with E-state index in [1.54, 1.807) is 0 Å². The molecule has 0 atom stereocenters. The standard InChI is InChI=1S/C10H17F2N5O2/c1-3-4-7-8(17(18)19)9(16(2)15-7)14-6-10(11,12)5-13/h14H,3-6,13H2,1-2H3. The maximum atomic E-state index is 13.1. The van der Waals surface area contributed by atoms with Crippen molar-refractivity contribution < 1.29 is 13.7 Å². The van der Waals surface area contributed by atoms with Gasteiger partial charge in [0, 0.05) is 7.05 Å². The van der Waals surface area contributed by atoms with Crippen LogP contribution in [0.15, 0.2) is 0 Å². The van der Waals surface area contributed by atoms with Crippen molar-refractivity contribution in [2.45, 2.75) is 25.7 Å². The van der Waals surface area contributed by atoms with Gasteiger partial charge < -0.3 is 11.1 Å². The van der Waals surface area contributed by atoms with Gasteiger partial charge in [-0.05, 0) is 6.42 Å². The van der Waals surface area contributed by atoms with Gasteiger partial charge in [0.1, 0.15) is 5.69 Å². The van der Waals surface area contributed by atoms with E-state index in [0.717, 1.165) is 0 Å². The minimum atomic E-state index is -3.12. The van der Waals surface area contributed by atoms with Crippen molar-refractivity contribution in [3.8, 4) is 0 Å². The van der Waals surface area contributed by atoms with Crippen LogP contribution in [0.4, 0.5) is 20.3 Å². The van der Waals surface area contributed by atoms with Gasteiger partial charge in [-0.15, -0.1) is 0 Å². The van der Waals surface area contributed by atoms with Gasteiger partial charge in [0.2, 0.25) is 5.82 Å². The van der Waals surface area contributed by atoms with Gasteiger partial charge in [0.15, 0.2) is 0 Å². The molecule has 1 aromatic rings. The van der Waals surface area contributed by atoms with Gasteiger partial charge in [-0.2, -0.15) is 5.10 Å². The average Bonchev–Trinajstić information content (AvgIpc) is 2.63. The largest absolute Gasteiger partial charge is 0.358 e. The van der Waals surface area contributed by atoms with E-state index in [9.17, 15) is 18.9 Å². The van der Waals surface area contributed by atoms with E-state index in [1.165, 1.54) is 11.7 Å². The molecule has 0 unspecified atom stereocenters. The maximum Gasteiger partial charge on any atom is 0.333 e. The Bertz CT molecular complexity index is 461. The molecule has 0 aliphatic heterocycles. The maximum absolute atomic E-state index is 13.1. The predicted octanol–water partition coefficient (Wildman–Crippen LogP) is 1.29. The number of nitrogens with one attached hydrogen (secondary N) is 1. The molecule has 0 radical (unpaired) electrons. The quantitative estimate of drug-likeness (QED) is 0.578. The number of halogens is 2. The van der Waals surface area contributed by atoms with Crippen LogP contribution in [-0.2, 0) is 13.5 Å². The van der Waals surface area contributed by atoms with E-state index < -0.39 is 23.9 Å². The third-order valence-corrected chi connectivity index (χ3v) is 2.57. The van der Waals surface area contributed by atoms with E-state index >= 15 is 0 Å².